The highest BCUT2D eigenvalue weighted by Crippen LogP contribution is 2.42. The molecule has 2 heteroatoms. The Labute approximate surface area is 265 Å². The second kappa shape index (κ2) is 9.69. The van der Waals surface area contributed by atoms with Gasteiger partial charge in [-0.05, 0) is 77.1 Å². The van der Waals surface area contributed by atoms with Crippen molar-refractivity contribution in [2.24, 2.45) is 0 Å². The fraction of sp³-hybridized carbons (Fsp3) is 0. The maximum atomic E-state index is 5.10. The number of rotatable bonds is 2. The predicted molar refractivity (Wildman–Crippen MR) is 195 cm³/mol. The molecule has 0 bridgehead atoms. The lowest BCUT2D eigenvalue weighted by atomic mass is 9.88. The van der Waals surface area contributed by atoms with E-state index in [1.54, 1.807) is 0 Å². The van der Waals surface area contributed by atoms with Gasteiger partial charge in [0.25, 0.3) is 0 Å². The van der Waals surface area contributed by atoms with Gasteiger partial charge in [-0.1, -0.05) is 140 Å². The Kier molecular flexibility index (Phi) is 5.31. The molecule has 0 aliphatic carbocycles. The van der Waals surface area contributed by atoms with Crippen LogP contribution in [0.25, 0.3) is 98.1 Å². The first-order valence-corrected chi connectivity index (χ1v) is 15.7. The number of hydrogen-bond acceptors (Lipinski definition) is 2. The summed E-state index contributed by atoms with van der Waals surface area (Å²) in [5.74, 6) is 0. The van der Waals surface area contributed by atoms with Crippen molar-refractivity contribution in [1.29, 1.82) is 0 Å². The Bertz CT molecular complexity index is 2850. The topological polar surface area (TPSA) is 25.8 Å². The smallest absolute Gasteiger partial charge is 0.0972 e. The van der Waals surface area contributed by atoms with E-state index < -0.39 is 0 Å². The Morgan fingerprint density at radius 1 is 0.326 bits per heavy atom. The summed E-state index contributed by atoms with van der Waals surface area (Å²) in [6, 6.07) is 55.1. The fourth-order valence-electron chi connectivity index (χ4n) is 7.55. The van der Waals surface area contributed by atoms with Crippen molar-refractivity contribution in [1.82, 2.24) is 9.97 Å². The van der Waals surface area contributed by atoms with E-state index in [0.717, 1.165) is 33.1 Å². The number of hydrogen-bond donors (Lipinski definition) is 0. The third-order valence-electron chi connectivity index (χ3n) is 9.65. The molecule has 2 aromatic heterocycles. The summed E-state index contributed by atoms with van der Waals surface area (Å²) < 4.78 is 0. The molecule has 0 amide bonds. The fourth-order valence-corrected chi connectivity index (χ4v) is 7.55. The summed E-state index contributed by atoms with van der Waals surface area (Å²) in [5.41, 5.74) is 6.31. The van der Waals surface area contributed by atoms with E-state index in [1.165, 1.54) is 65.0 Å². The summed E-state index contributed by atoms with van der Waals surface area (Å²) in [5, 5.41) is 15.0. The van der Waals surface area contributed by atoms with E-state index in [9.17, 15) is 0 Å². The van der Waals surface area contributed by atoms with Crippen LogP contribution in [0.5, 0.6) is 0 Å². The van der Waals surface area contributed by atoms with Gasteiger partial charge >= 0.3 is 0 Å². The molecule has 0 N–H and O–H groups in total. The summed E-state index contributed by atoms with van der Waals surface area (Å²) >= 11 is 0. The van der Waals surface area contributed by atoms with E-state index in [4.69, 9.17) is 4.98 Å². The van der Waals surface area contributed by atoms with Crippen LogP contribution in [0.3, 0.4) is 0 Å². The molecule has 0 spiro atoms. The highest BCUT2D eigenvalue weighted by atomic mass is 14.7. The maximum absolute atomic E-state index is 5.10. The van der Waals surface area contributed by atoms with Gasteiger partial charge in [0.05, 0.1) is 16.7 Å². The molecule has 2 nitrogen and oxygen atoms in total. The van der Waals surface area contributed by atoms with Crippen molar-refractivity contribution in [3.05, 3.63) is 158 Å². The molecule has 0 radical (unpaired) electrons. The molecule has 0 saturated heterocycles. The minimum atomic E-state index is 0.935. The van der Waals surface area contributed by atoms with E-state index in [1.807, 2.05) is 12.3 Å². The van der Waals surface area contributed by atoms with Crippen molar-refractivity contribution >= 4 is 75.7 Å². The van der Waals surface area contributed by atoms with Crippen LogP contribution >= 0.6 is 0 Å². The Morgan fingerprint density at radius 3 is 1.61 bits per heavy atom. The second-order valence-electron chi connectivity index (χ2n) is 12.1. The molecular formula is C44H26N2. The number of nitrogens with zero attached hydrogens (tertiary/aromatic N) is 2. The molecule has 0 fully saturated rings. The van der Waals surface area contributed by atoms with Crippen LogP contribution in [-0.2, 0) is 0 Å². The SMILES string of the molecule is c1cnc2c(c1)ccc1ccc(-c3ccc(-c4cccc5c6cccc7ccc8cccc(c9ccccc9c45)c8c76)cc3)nc12. The quantitative estimate of drug-likeness (QED) is 0.190. The molecule has 8 aromatic carbocycles. The number of fused-ring (bicyclic) bond motifs is 8. The number of pyridine rings is 2. The normalized spacial score (nSPS) is 11.9. The standard InChI is InChI=1S/C44H26N2/c1-2-11-36-34(10-1)35-13-3-7-29-20-21-30-8-4-14-37(41(30)40(29)35)38-15-5-12-33(42(36)38)27-16-18-28(19-17-27)39-25-24-32-23-22-31-9-6-26-45-43(31)44(32)46-39/h1-26H. The van der Waals surface area contributed by atoms with Gasteiger partial charge in [-0.3, -0.25) is 4.98 Å². The zero-order valence-electron chi connectivity index (χ0n) is 24.9. The van der Waals surface area contributed by atoms with Crippen LogP contribution in [0.15, 0.2) is 158 Å². The van der Waals surface area contributed by atoms with Crippen LogP contribution in [0.2, 0.25) is 0 Å². The van der Waals surface area contributed by atoms with Crippen molar-refractivity contribution < 1.29 is 0 Å². The van der Waals surface area contributed by atoms with E-state index >= 15 is 0 Å². The third kappa shape index (κ3) is 3.65. The van der Waals surface area contributed by atoms with Gasteiger partial charge < -0.3 is 0 Å². The van der Waals surface area contributed by atoms with Gasteiger partial charge in [-0.15, -0.1) is 0 Å². The lowest BCUT2D eigenvalue weighted by Gasteiger charge is -2.16. The monoisotopic (exact) mass is 582 g/mol. The lowest BCUT2D eigenvalue weighted by Crippen LogP contribution is -1.89. The van der Waals surface area contributed by atoms with E-state index in [2.05, 4.69) is 151 Å². The van der Waals surface area contributed by atoms with Crippen LogP contribution in [0.1, 0.15) is 0 Å². The maximum Gasteiger partial charge on any atom is 0.0972 e. The van der Waals surface area contributed by atoms with Crippen molar-refractivity contribution in [3.63, 3.8) is 0 Å². The van der Waals surface area contributed by atoms with Gasteiger partial charge in [-0.25, -0.2) is 4.98 Å². The zero-order valence-corrected chi connectivity index (χ0v) is 24.9. The molecular weight excluding hydrogens is 556 g/mol. The molecule has 0 aliphatic rings. The van der Waals surface area contributed by atoms with Gasteiger partial charge in [0.15, 0.2) is 0 Å². The van der Waals surface area contributed by atoms with Gasteiger partial charge in [0, 0.05) is 22.5 Å². The molecule has 2 heterocycles. The van der Waals surface area contributed by atoms with Gasteiger partial charge in [-0.2, -0.15) is 0 Å². The highest BCUT2D eigenvalue weighted by molar-refractivity contribution is 6.34. The molecule has 0 saturated carbocycles. The molecule has 0 aliphatic heterocycles. The van der Waals surface area contributed by atoms with Crippen LogP contribution in [0.4, 0.5) is 0 Å². The first-order valence-electron chi connectivity index (χ1n) is 15.7. The second-order valence-corrected chi connectivity index (χ2v) is 12.1. The summed E-state index contributed by atoms with van der Waals surface area (Å²) in [4.78, 5) is 9.75. The molecule has 0 unspecified atom stereocenters. The third-order valence-corrected chi connectivity index (χ3v) is 9.65. The van der Waals surface area contributed by atoms with Crippen LogP contribution < -0.4 is 0 Å². The Balaban J connectivity index is 1.24. The summed E-state index contributed by atoms with van der Waals surface area (Å²) in [6.45, 7) is 0. The van der Waals surface area contributed by atoms with Crippen molar-refractivity contribution in [3.8, 4) is 22.4 Å². The zero-order chi connectivity index (χ0) is 30.2. The molecule has 0 atom stereocenters. The summed E-state index contributed by atoms with van der Waals surface area (Å²) in [7, 11) is 0. The minimum absolute atomic E-state index is 0.935. The van der Waals surface area contributed by atoms with Crippen LogP contribution in [-0.4, -0.2) is 9.97 Å². The van der Waals surface area contributed by atoms with Crippen molar-refractivity contribution in [2.75, 3.05) is 0 Å². The first kappa shape index (κ1) is 25.2. The summed E-state index contributed by atoms with van der Waals surface area (Å²) in [6.07, 6.45) is 1.84. The largest absolute Gasteiger partial charge is 0.254 e. The Morgan fingerprint density at radius 2 is 0.848 bits per heavy atom. The van der Waals surface area contributed by atoms with E-state index in [0.29, 0.717) is 0 Å². The lowest BCUT2D eigenvalue weighted by molar-refractivity contribution is 1.37. The van der Waals surface area contributed by atoms with E-state index in [-0.39, 0.29) is 0 Å². The minimum Gasteiger partial charge on any atom is -0.254 e. The molecule has 46 heavy (non-hydrogen) atoms. The number of benzene rings is 7. The number of aromatic nitrogens is 2. The molecule has 10 rings (SSSR count). The molecule has 212 valence electrons. The van der Waals surface area contributed by atoms with Crippen molar-refractivity contribution in [2.45, 2.75) is 0 Å². The van der Waals surface area contributed by atoms with Gasteiger partial charge in [0.2, 0.25) is 0 Å². The average Bonchev–Trinajstić information content (AvgIpc) is 3.13. The first-order chi connectivity index (χ1) is 22.8. The van der Waals surface area contributed by atoms with Crippen LogP contribution in [0, 0.1) is 0 Å². The molecule has 10 aromatic rings. The predicted octanol–water partition coefficient (Wildman–Crippen LogP) is 11.9. The average molecular weight is 583 g/mol. The Hall–Kier alpha value is -6.12. The highest BCUT2D eigenvalue weighted by Gasteiger charge is 2.15. The van der Waals surface area contributed by atoms with Gasteiger partial charge in [0.1, 0.15) is 0 Å².